The minimum atomic E-state index is -0.233. The summed E-state index contributed by atoms with van der Waals surface area (Å²) in [6.45, 7) is 0.511. The van der Waals surface area contributed by atoms with E-state index in [1.165, 1.54) is 12.1 Å². The number of benzene rings is 1. The molecule has 3 rings (SSSR count). The van der Waals surface area contributed by atoms with E-state index in [9.17, 15) is 9.18 Å². The Morgan fingerprint density at radius 1 is 1.55 bits per heavy atom. The maximum atomic E-state index is 13.2. The van der Waals surface area contributed by atoms with E-state index in [2.05, 4.69) is 10.4 Å². The summed E-state index contributed by atoms with van der Waals surface area (Å²) in [7, 11) is 3.60. The van der Waals surface area contributed by atoms with Crippen LogP contribution in [0, 0.1) is 5.82 Å². The first-order valence-corrected chi connectivity index (χ1v) is 7.27. The summed E-state index contributed by atoms with van der Waals surface area (Å²) in [5.74, 6) is -0.0189. The number of urea groups is 1. The van der Waals surface area contributed by atoms with E-state index >= 15 is 0 Å². The number of halogens is 1. The van der Waals surface area contributed by atoms with E-state index in [1.807, 2.05) is 19.3 Å². The normalized spacial score (nSPS) is 19.8. The topological polar surface area (TPSA) is 50.2 Å². The molecule has 1 heterocycles. The molecule has 116 valence electrons. The van der Waals surface area contributed by atoms with Gasteiger partial charge in [-0.05, 0) is 24.1 Å². The van der Waals surface area contributed by atoms with Crippen LogP contribution >= 0.6 is 0 Å². The van der Waals surface area contributed by atoms with Crippen LogP contribution < -0.4 is 5.32 Å². The third kappa shape index (κ3) is 3.27. The molecule has 1 aliphatic carbocycles. The average molecular weight is 302 g/mol. The minimum absolute atomic E-state index is 0.0886. The molecule has 0 aliphatic heterocycles. The van der Waals surface area contributed by atoms with Crippen molar-refractivity contribution in [2.24, 2.45) is 7.05 Å². The van der Waals surface area contributed by atoms with Crippen LogP contribution in [0.4, 0.5) is 9.18 Å². The van der Waals surface area contributed by atoms with Gasteiger partial charge >= 0.3 is 6.03 Å². The Hall–Kier alpha value is -2.37. The number of hydrogen-bond donors (Lipinski definition) is 1. The summed E-state index contributed by atoms with van der Waals surface area (Å²) in [4.78, 5) is 13.8. The van der Waals surface area contributed by atoms with Gasteiger partial charge in [-0.1, -0.05) is 12.1 Å². The summed E-state index contributed by atoms with van der Waals surface area (Å²) in [5, 5.41) is 7.07. The minimum Gasteiger partial charge on any atom is -0.335 e. The first kappa shape index (κ1) is 14.6. The molecule has 6 heteroatoms. The van der Waals surface area contributed by atoms with Gasteiger partial charge in [0.1, 0.15) is 5.82 Å². The summed E-state index contributed by atoms with van der Waals surface area (Å²) < 4.78 is 14.9. The van der Waals surface area contributed by atoms with Crippen LogP contribution in [0.1, 0.15) is 23.5 Å². The summed E-state index contributed by atoms with van der Waals surface area (Å²) in [5.41, 5.74) is 1.93. The molecule has 0 radical (unpaired) electrons. The Morgan fingerprint density at radius 2 is 2.36 bits per heavy atom. The number of carbonyl (C=O) groups excluding carboxylic acids is 1. The van der Waals surface area contributed by atoms with Crippen molar-refractivity contribution < 1.29 is 9.18 Å². The Labute approximate surface area is 128 Å². The van der Waals surface area contributed by atoms with Crippen LogP contribution in [0.2, 0.25) is 0 Å². The molecule has 1 aromatic heterocycles. The average Bonchev–Trinajstić information content (AvgIpc) is 3.12. The lowest BCUT2D eigenvalue weighted by atomic mass is 10.1. The van der Waals surface area contributed by atoms with Gasteiger partial charge in [-0.25, -0.2) is 9.18 Å². The fourth-order valence-corrected chi connectivity index (χ4v) is 2.63. The molecule has 0 saturated heterocycles. The summed E-state index contributed by atoms with van der Waals surface area (Å²) in [6, 6.07) is 6.55. The van der Waals surface area contributed by atoms with Crippen molar-refractivity contribution in [1.29, 1.82) is 0 Å². The Balaban J connectivity index is 1.52. The first-order valence-electron chi connectivity index (χ1n) is 7.27. The number of aryl methyl sites for hydroxylation is 1. The van der Waals surface area contributed by atoms with E-state index < -0.39 is 0 Å². The second-order valence-electron chi connectivity index (χ2n) is 5.83. The van der Waals surface area contributed by atoms with Gasteiger partial charge in [0.2, 0.25) is 0 Å². The number of nitrogens with one attached hydrogen (secondary N) is 1. The van der Waals surface area contributed by atoms with Crippen LogP contribution in [-0.4, -0.2) is 33.8 Å². The molecule has 2 amide bonds. The van der Waals surface area contributed by atoms with Gasteiger partial charge in [0.25, 0.3) is 0 Å². The molecule has 0 unspecified atom stereocenters. The van der Waals surface area contributed by atoms with Crippen molar-refractivity contribution in [1.82, 2.24) is 20.0 Å². The second-order valence-corrected chi connectivity index (χ2v) is 5.83. The highest BCUT2D eigenvalue weighted by Gasteiger charge is 2.40. The molecule has 0 spiro atoms. The molecule has 0 bridgehead atoms. The van der Waals surface area contributed by atoms with Gasteiger partial charge in [-0.15, -0.1) is 0 Å². The lowest BCUT2D eigenvalue weighted by Gasteiger charge is -2.17. The predicted octanol–water partition coefficient (Wildman–Crippen LogP) is 2.26. The predicted molar refractivity (Wildman–Crippen MR) is 80.8 cm³/mol. The van der Waals surface area contributed by atoms with E-state index in [0.717, 1.165) is 17.5 Å². The van der Waals surface area contributed by atoms with Crippen molar-refractivity contribution >= 4 is 6.03 Å². The highest BCUT2D eigenvalue weighted by atomic mass is 19.1. The Bertz CT molecular complexity index is 684. The number of aromatic nitrogens is 2. The van der Waals surface area contributed by atoms with Crippen molar-refractivity contribution in [2.75, 3.05) is 7.05 Å². The van der Waals surface area contributed by atoms with E-state index in [0.29, 0.717) is 6.54 Å². The lowest BCUT2D eigenvalue weighted by molar-refractivity contribution is 0.206. The standard InChI is InChI=1S/C16H19FN4O/c1-20(9-11-8-18-21(2)10-11)16(22)19-15-7-14(15)12-4-3-5-13(17)6-12/h3-6,8,10,14-15H,7,9H2,1-2H3,(H,19,22)/t14-,15+/m0/s1. The van der Waals surface area contributed by atoms with Crippen molar-refractivity contribution in [2.45, 2.75) is 24.9 Å². The third-order valence-electron chi connectivity index (χ3n) is 3.90. The second kappa shape index (κ2) is 5.79. The van der Waals surface area contributed by atoms with Crippen LogP contribution in [0.3, 0.4) is 0 Å². The Morgan fingerprint density at radius 3 is 3.05 bits per heavy atom. The SMILES string of the molecule is CN(Cc1cnn(C)c1)C(=O)N[C@@H]1C[C@H]1c1cccc(F)c1. The third-order valence-corrected chi connectivity index (χ3v) is 3.90. The highest BCUT2D eigenvalue weighted by Crippen LogP contribution is 2.40. The number of rotatable bonds is 4. The molecule has 1 aromatic carbocycles. The van der Waals surface area contributed by atoms with Crippen molar-refractivity contribution in [3.63, 3.8) is 0 Å². The fraction of sp³-hybridized carbons (Fsp3) is 0.375. The number of hydrogen-bond acceptors (Lipinski definition) is 2. The van der Waals surface area contributed by atoms with Gasteiger partial charge in [0, 0.05) is 37.8 Å². The van der Waals surface area contributed by atoms with Crippen molar-refractivity contribution in [3.8, 4) is 0 Å². The fourth-order valence-electron chi connectivity index (χ4n) is 2.63. The molecular weight excluding hydrogens is 283 g/mol. The highest BCUT2D eigenvalue weighted by molar-refractivity contribution is 5.74. The smallest absolute Gasteiger partial charge is 0.317 e. The first-order chi connectivity index (χ1) is 10.5. The quantitative estimate of drug-likeness (QED) is 0.942. The molecule has 22 heavy (non-hydrogen) atoms. The molecule has 5 nitrogen and oxygen atoms in total. The number of carbonyl (C=O) groups is 1. The van der Waals surface area contributed by atoms with Crippen molar-refractivity contribution in [3.05, 3.63) is 53.6 Å². The summed E-state index contributed by atoms with van der Waals surface area (Å²) >= 11 is 0. The zero-order chi connectivity index (χ0) is 15.7. The van der Waals surface area contributed by atoms with Gasteiger partial charge in [-0.2, -0.15) is 5.10 Å². The maximum Gasteiger partial charge on any atom is 0.317 e. The van der Waals surface area contributed by atoms with Crippen LogP contribution in [-0.2, 0) is 13.6 Å². The van der Waals surface area contributed by atoms with Gasteiger partial charge in [0.05, 0.1) is 12.7 Å². The molecular formula is C16H19FN4O. The molecule has 2 atom stereocenters. The Kier molecular flexibility index (Phi) is 3.83. The number of nitrogens with zero attached hydrogens (tertiary/aromatic N) is 3. The van der Waals surface area contributed by atoms with Gasteiger partial charge in [-0.3, -0.25) is 4.68 Å². The zero-order valence-electron chi connectivity index (χ0n) is 12.7. The maximum absolute atomic E-state index is 13.2. The summed E-state index contributed by atoms with van der Waals surface area (Å²) in [6.07, 6.45) is 4.49. The van der Waals surface area contributed by atoms with E-state index in [1.54, 1.807) is 28.9 Å². The van der Waals surface area contributed by atoms with E-state index in [-0.39, 0.29) is 23.8 Å². The monoisotopic (exact) mass is 302 g/mol. The lowest BCUT2D eigenvalue weighted by Crippen LogP contribution is -2.38. The van der Waals surface area contributed by atoms with Crippen LogP contribution in [0.15, 0.2) is 36.7 Å². The van der Waals surface area contributed by atoms with E-state index in [4.69, 9.17) is 0 Å². The molecule has 1 fully saturated rings. The largest absolute Gasteiger partial charge is 0.335 e. The zero-order valence-corrected chi connectivity index (χ0v) is 12.7. The van der Waals surface area contributed by atoms with Gasteiger partial charge < -0.3 is 10.2 Å². The molecule has 1 saturated carbocycles. The molecule has 1 N–H and O–H groups in total. The molecule has 1 aliphatic rings. The van der Waals surface area contributed by atoms with Gasteiger partial charge in [0.15, 0.2) is 0 Å². The van der Waals surface area contributed by atoms with Crippen LogP contribution in [0.5, 0.6) is 0 Å². The molecule has 2 aromatic rings. The van der Waals surface area contributed by atoms with Crippen LogP contribution in [0.25, 0.3) is 0 Å². The number of amides is 2.